The first-order valence-electron chi connectivity index (χ1n) is 16.2. The summed E-state index contributed by atoms with van der Waals surface area (Å²) < 4.78 is 11.0. The standard InChI is InChI=1S/C36H47N5O4/c1-44-26-25-40-21-23-41(24-22-40)28-29-11-13-31(14-12-29)35(42)27-37-17-20-39-18-15-32(16-19-39)45-36(43)38-34-10-6-5-9-33(34)30-7-3-2-4-8-30/h2-14,32,37H,15-28H2,1H3,(H,38,43). The molecule has 0 aromatic heterocycles. The van der Waals surface area contributed by atoms with Gasteiger partial charge >= 0.3 is 6.09 Å². The van der Waals surface area contributed by atoms with Gasteiger partial charge in [-0.2, -0.15) is 0 Å². The van der Waals surface area contributed by atoms with E-state index in [1.165, 1.54) is 5.56 Å². The number of amides is 1. The fraction of sp³-hybridized carbons (Fsp3) is 0.444. The van der Waals surface area contributed by atoms with Gasteiger partial charge in [0.25, 0.3) is 0 Å². The highest BCUT2D eigenvalue weighted by Crippen LogP contribution is 2.28. The molecule has 0 aliphatic carbocycles. The van der Waals surface area contributed by atoms with Crippen LogP contribution in [0.2, 0.25) is 0 Å². The number of hydrogen-bond acceptors (Lipinski definition) is 8. The second-order valence-corrected chi connectivity index (χ2v) is 11.9. The minimum absolute atomic E-state index is 0.104. The molecule has 45 heavy (non-hydrogen) atoms. The third-order valence-corrected chi connectivity index (χ3v) is 8.71. The van der Waals surface area contributed by atoms with Gasteiger partial charge in [0, 0.05) is 83.7 Å². The second kappa shape index (κ2) is 17.2. The van der Waals surface area contributed by atoms with Crippen molar-refractivity contribution in [2.75, 3.05) is 84.5 Å². The molecule has 240 valence electrons. The van der Waals surface area contributed by atoms with Gasteiger partial charge in [-0.25, -0.2) is 4.79 Å². The Labute approximate surface area is 267 Å². The second-order valence-electron chi connectivity index (χ2n) is 11.9. The zero-order valence-electron chi connectivity index (χ0n) is 26.5. The van der Waals surface area contributed by atoms with Crippen molar-refractivity contribution < 1.29 is 19.1 Å². The van der Waals surface area contributed by atoms with E-state index in [2.05, 4.69) is 37.5 Å². The Morgan fingerprint density at radius 2 is 1.44 bits per heavy atom. The molecule has 2 fully saturated rings. The molecule has 2 aliphatic heterocycles. The highest BCUT2D eigenvalue weighted by atomic mass is 16.6. The number of benzene rings is 3. The molecule has 0 saturated carbocycles. The number of nitrogens with one attached hydrogen (secondary N) is 2. The Morgan fingerprint density at radius 3 is 2.18 bits per heavy atom. The topological polar surface area (TPSA) is 86.4 Å². The number of rotatable bonds is 14. The number of likely N-dealkylation sites (tertiary alicyclic amines) is 1. The number of carbonyl (C=O) groups excluding carboxylic acids is 2. The number of para-hydroxylation sites is 1. The number of carbonyl (C=O) groups is 2. The van der Waals surface area contributed by atoms with Crippen LogP contribution in [0.25, 0.3) is 11.1 Å². The number of piperidine rings is 1. The number of Topliss-reactive ketones (excluding diaryl/α,β-unsaturated/α-hetero) is 1. The van der Waals surface area contributed by atoms with Crippen LogP contribution in [0.15, 0.2) is 78.9 Å². The van der Waals surface area contributed by atoms with Crippen LogP contribution in [0.4, 0.5) is 10.5 Å². The van der Waals surface area contributed by atoms with Crippen molar-refractivity contribution in [3.8, 4) is 11.1 Å². The van der Waals surface area contributed by atoms with E-state index in [1.807, 2.05) is 66.7 Å². The molecular formula is C36H47N5O4. The van der Waals surface area contributed by atoms with Crippen LogP contribution in [0.3, 0.4) is 0 Å². The van der Waals surface area contributed by atoms with Gasteiger partial charge in [0.1, 0.15) is 6.10 Å². The summed E-state index contributed by atoms with van der Waals surface area (Å²) in [6.45, 7) is 10.6. The van der Waals surface area contributed by atoms with Gasteiger partial charge < -0.3 is 19.7 Å². The molecule has 3 aromatic carbocycles. The molecule has 2 N–H and O–H groups in total. The number of ether oxygens (including phenoxy) is 2. The zero-order valence-corrected chi connectivity index (χ0v) is 26.5. The summed E-state index contributed by atoms with van der Waals surface area (Å²) in [7, 11) is 1.75. The molecule has 2 heterocycles. The Hall–Kier alpha value is -3.60. The smallest absolute Gasteiger partial charge is 0.411 e. The first-order chi connectivity index (χ1) is 22.1. The van der Waals surface area contributed by atoms with Gasteiger partial charge in [0.05, 0.1) is 18.8 Å². The summed E-state index contributed by atoms with van der Waals surface area (Å²) in [5.74, 6) is 0.111. The molecule has 0 bridgehead atoms. The van der Waals surface area contributed by atoms with E-state index in [9.17, 15) is 9.59 Å². The summed E-state index contributed by atoms with van der Waals surface area (Å²) in [6, 6.07) is 25.8. The van der Waals surface area contributed by atoms with Crippen LogP contribution in [-0.4, -0.2) is 112 Å². The lowest BCUT2D eigenvalue weighted by Crippen LogP contribution is -2.46. The highest BCUT2D eigenvalue weighted by Gasteiger charge is 2.23. The van der Waals surface area contributed by atoms with Crippen molar-refractivity contribution in [3.63, 3.8) is 0 Å². The van der Waals surface area contributed by atoms with Crippen LogP contribution in [-0.2, 0) is 16.0 Å². The SMILES string of the molecule is COCCN1CCN(Cc2ccc(C(=O)CNCCN3CCC(OC(=O)Nc4ccccc4-c4ccccc4)CC3)cc2)CC1. The fourth-order valence-corrected chi connectivity index (χ4v) is 5.99. The minimum atomic E-state index is -0.415. The maximum absolute atomic E-state index is 12.7. The predicted molar refractivity (Wildman–Crippen MR) is 179 cm³/mol. The highest BCUT2D eigenvalue weighted by molar-refractivity contribution is 5.97. The summed E-state index contributed by atoms with van der Waals surface area (Å²) in [5, 5.41) is 6.25. The third-order valence-electron chi connectivity index (χ3n) is 8.71. The van der Waals surface area contributed by atoms with E-state index >= 15 is 0 Å². The molecule has 2 saturated heterocycles. The van der Waals surface area contributed by atoms with Crippen molar-refractivity contribution in [2.45, 2.75) is 25.5 Å². The third kappa shape index (κ3) is 10.2. The summed E-state index contributed by atoms with van der Waals surface area (Å²) in [4.78, 5) is 32.7. The summed E-state index contributed by atoms with van der Waals surface area (Å²) >= 11 is 0. The average Bonchev–Trinajstić information content (AvgIpc) is 3.08. The Kier molecular flexibility index (Phi) is 12.5. The van der Waals surface area contributed by atoms with Crippen molar-refractivity contribution in [3.05, 3.63) is 90.0 Å². The average molecular weight is 614 g/mol. The lowest BCUT2D eigenvalue weighted by molar-refractivity contribution is 0.0593. The van der Waals surface area contributed by atoms with Gasteiger partial charge in [-0.3, -0.25) is 19.9 Å². The lowest BCUT2D eigenvalue weighted by atomic mass is 10.0. The Morgan fingerprint density at radius 1 is 0.778 bits per heavy atom. The number of methoxy groups -OCH3 is 1. The van der Waals surface area contributed by atoms with E-state index in [1.54, 1.807) is 7.11 Å². The molecule has 0 spiro atoms. The maximum Gasteiger partial charge on any atom is 0.411 e. The lowest BCUT2D eigenvalue weighted by Gasteiger charge is -2.34. The number of hydrogen-bond donors (Lipinski definition) is 2. The minimum Gasteiger partial charge on any atom is -0.446 e. The Bertz CT molecular complexity index is 1340. The summed E-state index contributed by atoms with van der Waals surface area (Å²) in [6.07, 6.45) is 1.07. The molecule has 9 heteroatoms. The number of piperazine rings is 1. The quantitative estimate of drug-likeness (QED) is 0.202. The molecule has 1 amide bonds. The van der Waals surface area contributed by atoms with Gasteiger partial charge in [-0.05, 0) is 30.0 Å². The summed E-state index contributed by atoms with van der Waals surface area (Å²) in [5.41, 5.74) is 4.74. The monoisotopic (exact) mass is 613 g/mol. The van der Waals surface area contributed by atoms with Crippen LogP contribution in [0, 0.1) is 0 Å². The molecular weight excluding hydrogens is 566 g/mol. The van der Waals surface area contributed by atoms with E-state index in [0.29, 0.717) is 6.54 Å². The van der Waals surface area contributed by atoms with E-state index in [4.69, 9.17) is 9.47 Å². The van der Waals surface area contributed by atoms with Gasteiger partial charge in [-0.1, -0.05) is 72.8 Å². The molecule has 3 aromatic rings. The first kappa shape index (κ1) is 32.8. The predicted octanol–water partition coefficient (Wildman–Crippen LogP) is 4.60. The molecule has 0 atom stereocenters. The number of ketones is 1. The normalized spacial score (nSPS) is 16.8. The molecule has 0 radical (unpaired) electrons. The van der Waals surface area contributed by atoms with Gasteiger partial charge in [-0.15, -0.1) is 0 Å². The zero-order chi connectivity index (χ0) is 31.3. The molecule has 2 aliphatic rings. The number of anilines is 1. The fourth-order valence-electron chi connectivity index (χ4n) is 5.99. The largest absolute Gasteiger partial charge is 0.446 e. The van der Waals surface area contributed by atoms with Crippen LogP contribution < -0.4 is 10.6 Å². The van der Waals surface area contributed by atoms with Crippen LogP contribution >= 0.6 is 0 Å². The van der Waals surface area contributed by atoms with Gasteiger partial charge in [0.15, 0.2) is 5.78 Å². The molecule has 0 unspecified atom stereocenters. The van der Waals surface area contributed by atoms with Gasteiger partial charge in [0.2, 0.25) is 0 Å². The maximum atomic E-state index is 12.7. The van der Waals surface area contributed by atoms with Crippen molar-refractivity contribution in [2.24, 2.45) is 0 Å². The van der Waals surface area contributed by atoms with Crippen LogP contribution in [0.1, 0.15) is 28.8 Å². The van der Waals surface area contributed by atoms with E-state index in [0.717, 1.165) is 107 Å². The van der Waals surface area contributed by atoms with Crippen molar-refractivity contribution in [1.82, 2.24) is 20.0 Å². The first-order valence-corrected chi connectivity index (χ1v) is 16.2. The van der Waals surface area contributed by atoms with E-state index < -0.39 is 6.09 Å². The molecule has 9 nitrogen and oxygen atoms in total. The van der Waals surface area contributed by atoms with Crippen molar-refractivity contribution in [1.29, 1.82) is 0 Å². The van der Waals surface area contributed by atoms with Crippen molar-refractivity contribution >= 4 is 17.6 Å². The Balaban J connectivity index is 0.950. The number of nitrogens with zero attached hydrogens (tertiary/aromatic N) is 3. The van der Waals surface area contributed by atoms with Crippen LogP contribution in [0.5, 0.6) is 0 Å². The molecule has 5 rings (SSSR count). The van der Waals surface area contributed by atoms with E-state index in [-0.39, 0.29) is 11.9 Å².